The van der Waals surface area contributed by atoms with Crippen molar-refractivity contribution in [3.63, 3.8) is 0 Å². The molecular weight excluding hydrogens is 252 g/mol. The zero-order valence-corrected chi connectivity index (χ0v) is 10.9. The van der Waals surface area contributed by atoms with E-state index in [1.165, 1.54) is 18.9 Å². The van der Waals surface area contributed by atoms with E-state index in [0.717, 1.165) is 6.42 Å². The molecule has 0 saturated heterocycles. The Morgan fingerprint density at radius 3 is 2.94 bits per heavy atom. The van der Waals surface area contributed by atoms with Crippen LogP contribution in [0.3, 0.4) is 0 Å². The molecule has 1 saturated carbocycles. The molecule has 0 radical (unpaired) electrons. The Labute approximate surface area is 110 Å². The molecule has 18 heavy (non-hydrogen) atoms. The summed E-state index contributed by atoms with van der Waals surface area (Å²) in [6, 6.07) is 3.38. The molecule has 3 N–H and O–H groups in total. The number of nitrogens with two attached hydrogens (primary N) is 1. The molecule has 0 aliphatic heterocycles. The second-order valence-electron chi connectivity index (χ2n) is 4.31. The summed E-state index contributed by atoms with van der Waals surface area (Å²) >= 11 is 1.84. The summed E-state index contributed by atoms with van der Waals surface area (Å²) in [7, 11) is 0. The van der Waals surface area contributed by atoms with Gasteiger partial charge in [0.05, 0.1) is 4.92 Å². The highest BCUT2D eigenvalue weighted by Gasteiger charge is 2.26. The molecule has 2 unspecified atom stereocenters. The van der Waals surface area contributed by atoms with E-state index in [4.69, 9.17) is 5.73 Å². The van der Waals surface area contributed by atoms with Crippen LogP contribution in [0.25, 0.3) is 0 Å². The number of nitrogens with one attached hydrogen (secondary N) is 1. The first-order valence-corrected chi connectivity index (χ1v) is 7.11. The van der Waals surface area contributed by atoms with Gasteiger partial charge in [0.2, 0.25) is 5.82 Å². The van der Waals surface area contributed by atoms with E-state index in [1.807, 2.05) is 11.8 Å². The second-order valence-corrected chi connectivity index (χ2v) is 5.39. The monoisotopic (exact) mass is 268 g/mol. The van der Waals surface area contributed by atoms with Gasteiger partial charge < -0.3 is 11.1 Å². The third-order valence-electron chi connectivity index (χ3n) is 3.19. The van der Waals surface area contributed by atoms with Gasteiger partial charge in [-0.1, -0.05) is 6.42 Å². The highest BCUT2D eigenvalue weighted by atomic mass is 32.2. The quantitative estimate of drug-likeness (QED) is 0.642. The molecule has 0 spiro atoms. The number of aromatic nitrogens is 1. The maximum atomic E-state index is 10.6. The Kier molecular flexibility index (Phi) is 3.90. The van der Waals surface area contributed by atoms with Gasteiger partial charge in [-0.3, -0.25) is 10.1 Å². The predicted molar refractivity (Wildman–Crippen MR) is 73.9 cm³/mol. The van der Waals surface area contributed by atoms with Gasteiger partial charge >= 0.3 is 5.69 Å². The summed E-state index contributed by atoms with van der Waals surface area (Å²) in [6.45, 7) is 0. The SMILES string of the molecule is CSC1CCCC1Nc1ccc([N+](=O)[O-])c(N)n1. The number of nitrogen functional groups attached to an aromatic ring is 1. The van der Waals surface area contributed by atoms with Crippen LogP contribution in [-0.4, -0.2) is 27.5 Å². The highest BCUT2D eigenvalue weighted by molar-refractivity contribution is 7.99. The van der Waals surface area contributed by atoms with Gasteiger partial charge in [-0.25, -0.2) is 4.98 Å². The van der Waals surface area contributed by atoms with E-state index in [1.54, 1.807) is 6.07 Å². The van der Waals surface area contributed by atoms with Crippen LogP contribution in [0.1, 0.15) is 19.3 Å². The average Bonchev–Trinajstić information content (AvgIpc) is 2.76. The molecule has 1 aromatic rings. The average molecular weight is 268 g/mol. The molecule has 2 rings (SSSR count). The van der Waals surface area contributed by atoms with Crippen LogP contribution < -0.4 is 11.1 Å². The maximum absolute atomic E-state index is 10.6. The van der Waals surface area contributed by atoms with Crippen LogP contribution in [0.2, 0.25) is 0 Å². The third kappa shape index (κ3) is 2.66. The lowest BCUT2D eigenvalue weighted by atomic mass is 10.2. The fourth-order valence-electron chi connectivity index (χ4n) is 2.27. The number of anilines is 2. The lowest BCUT2D eigenvalue weighted by Crippen LogP contribution is -2.26. The molecule has 0 bridgehead atoms. The predicted octanol–water partition coefficient (Wildman–Crippen LogP) is 2.27. The summed E-state index contributed by atoms with van der Waals surface area (Å²) in [5.41, 5.74) is 5.42. The van der Waals surface area contributed by atoms with Crippen LogP contribution in [0.4, 0.5) is 17.3 Å². The van der Waals surface area contributed by atoms with Crippen molar-refractivity contribution < 1.29 is 4.92 Å². The maximum Gasteiger partial charge on any atom is 0.311 e. The molecule has 0 amide bonds. The van der Waals surface area contributed by atoms with Crippen molar-refractivity contribution >= 4 is 29.1 Å². The Morgan fingerprint density at radius 1 is 1.56 bits per heavy atom. The van der Waals surface area contributed by atoms with Gasteiger partial charge in [-0.2, -0.15) is 11.8 Å². The fourth-order valence-corrected chi connectivity index (χ4v) is 3.20. The molecule has 1 heterocycles. The number of pyridine rings is 1. The van der Waals surface area contributed by atoms with Gasteiger partial charge in [0.25, 0.3) is 0 Å². The molecule has 1 aliphatic rings. The van der Waals surface area contributed by atoms with E-state index >= 15 is 0 Å². The van der Waals surface area contributed by atoms with Crippen LogP contribution in [-0.2, 0) is 0 Å². The molecule has 98 valence electrons. The number of nitro groups is 1. The van der Waals surface area contributed by atoms with Gasteiger partial charge in [0, 0.05) is 17.4 Å². The number of hydrogen-bond acceptors (Lipinski definition) is 6. The van der Waals surface area contributed by atoms with Gasteiger partial charge in [0.1, 0.15) is 5.82 Å². The van der Waals surface area contributed by atoms with E-state index < -0.39 is 4.92 Å². The minimum atomic E-state index is -0.521. The normalized spacial score (nSPS) is 22.9. The molecule has 1 aliphatic carbocycles. The smallest absolute Gasteiger partial charge is 0.311 e. The Balaban J connectivity index is 2.10. The molecule has 6 nitrogen and oxygen atoms in total. The molecule has 1 fully saturated rings. The summed E-state index contributed by atoms with van der Waals surface area (Å²) in [5, 5.41) is 14.5. The molecule has 7 heteroatoms. The van der Waals surface area contributed by atoms with E-state index in [0.29, 0.717) is 17.1 Å². The Hall–Kier alpha value is -1.50. The number of hydrogen-bond donors (Lipinski definition) is 2. The number of nitrogens with zero attached hydrogens (tertiary/aromatic N) is 2. The minimum absolute atomic E-state index is 0.0382. The lowest BCUT2D eigenvalue weighted by Gasteiger charge is -2.19. The second kappa shape index (κ2) is 5.43. The van der Waals surface area contributed by atoms with Crippen molar-refractivity contribution in [3.05, 3.63) is 22.2 Å². The van der Waals surface area contributed by atoms with Crippen LogP contribution >= 0.6 is 11.8 Å². The van der Waals surface area contributed by atoms with Crippen molar-refractivity contribution in [2.24, 2.45) is 0 Å². The van der Waals surface area contributed by atoms with Gasteiger partial charge in [-0.05, 0) is 25.2 Å². The van der Waals surface area contributed by atoms with Crippen molar-refractivity contribution in [3.8, 4) is 0 Å². The van der Waals surface area contributed by atoms with E-state index in [9.17, 15) is 10.1 Å². The van der Waals surface area contributed by atoms with Crippen LogP contribution in [0.5, 0.6) is 0 Å². The lowest BCUT2D eigenvalue weighted by molar-refractivity contribution is -0.384. The molecular formula is C11H16N4O2S. The van der Waals surface area contributed by atoms with Crippen LogP contribution in [0, 0.1) is 10.1 Å². The summed E-state index contributed by atoms with van der Waals surface area (Å²) in [6.07, 6.45) is 5.60. The molecule has 0 aromatic carbocycles. The topological polar surface area (TPSA) is 94.1 Å². The van der Waals surface area contributed by atoms with E-state index in [-0.39, 0.29) is 11.5 Å². The minimum Gasteiger partial charge on any atom is -0.378 e. The number of rotatable bonds is 4. The number of thioether (sulfide) groups is 1. The summed E-state index contributed by atoms with van der Waals surface area (Å²) < 4.78 is 0. The summed E-state index contributed by atoms with van der Waals surface area (Å²) in [5.74, 6) is 0.577. The zero-order valence-electron chi connectivity index (χ0n) is 10.1. The van der Waals surface area contributed by atoms with E-state index in [2.05, 4.69) is 16.6 Å². The first kappa shape index (κ1) is 12.9. The molecule has 2 atom stereocenters. The van der Waals surface area contributed by atoms with Crippen molar-refractivity contribution in [2.45, 2.75) is 30.6 Å². The Bertz CT molecular complexity index is 455. The first-order chi connectivity index (χ1) is 8.61. The third-order valence-corrected chi connectivity index (χ3v) is 4.36. The van der Waals surface area contributed by atoms with Gasteiger partial charge in [-0.15, -0.1) is 0 Å². The van der Waals surface area contributed by atoms with Crippen molar-refractivity contribution in [1.29, 1.82) is 0 Å². The zero-order chi connectivity index (χ0) is 13.1. The van der Waals surface area contributed by atoms with Crippen molar-refractivity contribution in [1.82, 2.24) is 4.98 Å². The fraction of sp³-hybridized carbons (Fsp3) is 0.545. The molecule has 1 aromatic heterocycles. The standard InChI is InChI=1S/C11H16N4O2S/c1-18-9-4-2-3-7(9)13-10-6-5-8(15(16)17)11(12)14-10/h5-7,9H,2-4H2,1H3,(H3,12,13,14). The largest absolute Gasteiger partial charge is 0.378 e. The highest BCUT2D eigenvalue weighted by Crippen LogP contribution is 2.31. The first-order valence-electron chi connectivity index (χ1n) is 5.82. The summed E-state index contributed by atoms with van der Waals surface area (Å²) in [4.78, 5) is 14.2. The van der Waals surface area contributed by atoms with Crippen LogP contribution in [0.15, 0.2) is 12.1 Å². The van der Waals surface area contributed by atoms with Gasteiger partial charge in [0.15, 0.2) is 0 Å². The van der Waals surface area contributed by atoms with Crippen molar-refractivity contribution in [2.75, 3.05) is 17.3 Å². The Morgan fingerprint density at radius 2 is 2.33 bits per heavy atom.